The Labute approximate surface area is 204 Å². The van der Waals surface area contributed by atoms with Crippen molar-refractivity contribution >= 4 is 54.9 Å². The van der Waals surface area contributed by atoms with Crippen LogP contribution < -0.4 is 4.74 Å². The van der Waals surface area contributed by atoms with Crippen LogP contribution >= 0.6 is 15.9 Å². The number of methoxy groups -OCH3 is 1. The first-order chi connectivity index (χ1) is 16.4. The molecule has 8 heteroatoms. The molecule has 0 fully saturated rings. The fourth-order valence-electron chi connectivity index (χ4n) is 4.70. The average Bonchev–Trinajstić information content (AvgIpc) is 3.34. The molecule has 5 rings (SSSR count). The van der Waals surface area contributed by atoms with Crippen molar-refractivity contribution < 1.29 is 19.4 Å². The van der Waals surface area contributed by atoms with Gasteiger partial charge in [0.2, 0.25) is 0 Å². The van der Waals surface area contributed by atoms with Crippen molar-refractivity contribution in [2.24, 2.45) is 0 Å². The van der Waals surface area contributed by atoms with Crippen molar-refractivity contribution in [1.29, 1.82) is 0 Å². The van der Waals surface area contributed by atoms with Gasteiger partial charge in [0.1, 0.15) is 11.6 Å². The minimum absolute atomic E-state index is 0.286. The number of halogens is 1. The summed E-state index contributed by atoms with van der Waals surface area (Å²) in [5, 5.41) is 11.4. The van der Waals surface area contributed by atoms with E-state index >= 15 is 0 Å². The number of fused-ring (bicyclic) bond motifs is 4. The van der Waals surface area contributed by atoms with E-state index in [2.05, 4.69) is 68.4 Å². The van der Waals surface area contributed by atoms with Crippen LogP contribution in [-0.2, 0) is 17.8 Å². The molecule has 0 aliphatic heterocycles. The quantitative estimate of drug-likeness (QED) is 0.201. The Morgan fingerprint density at radius 3 is 2.44 bits per heavy atom. The molecular weight excluding hydrogens is 498 g/mol. The standard InChI is InChI=1S/C26H24BrN3O4/c1-4-29-20-7-5-16(13-18(20)19-14-17(27)6-8-21(19)29)25-28-24-15(2)23(34-26(31)32)10-9-22(24)30(25)11-12-33-3/h5-10,13-14H,4,11-12H2,1-3H3,(H,31,32). The van der Waals surface area contributed by atoms with E-state index in [1.807, 2.05) is 13.0 Å². The smallest absolute Gasteiger partial charge is 0.449 e. The predicted molar refractivity (Wildman–Crippen MR) is 137 cm³/mol. The van der Waals surface area contributed by atoms with Gasteiger partial charge in [-0.2, -0.15) is 0 Å². The van der Waals surface area contributed by atoms with Crippen LogP contribution in [0.25, 0.3) is 44.2 Å². The maximum Gasteiger partial charge on any atom is 0.511 e. The van der Waals surface area contributed by atoms with Crippen molar-refractivity contribution in [3.05, 3.63) is 58.6 Å². The van der Waals surface area contributed by atoms with E-state index in [1.54, 1.807) is 13.2 Å². The zero-order valence-electron chi connectivity index (χ0n) is 19.1. The second-order valence-electron chi connectivity index (χ2n) is 8.14. The molecule has 0 spiro atoms. The Kier molecular flexibility index (Phi) is 5.79. The Hall–Kier alpha value is -3.36. The molecule has 0 aliphatic carbocycles. The summed E-state index contributed by atoms with van der Waals surface area (Å²) < 4.78 is 15.8. The summed E-state index contributed by atoms with van der Waals surface area (Å²) in [5.74, 6) is 1.09. The van der Waals surface area contributed by atoms with E-state index in [-0.39, 0.29) is 5.75 Å². The minimum atomic E-state index is -1.34. The summed E-state index contributed by atoms with van der Waals surface area (Å²) in [4.78, 5) is 16.1. The maximum atomic E-state index is 11.1. The molecule has 0 amide bonds. The second kappa shape index (κ2) is 8.77. The average molecular weight is 522 g/mol. The summed E-state index contributed by atoms with van der Waals surface area (Å²) in [7, 11) is 1.67. The third-order valence-electron chi connectivity index (χ3n) is 6.24. The highest BCUT2D eigenvalue weighted by atomic mass is 79.9. The number of rotatable bonds is 6. The Bertz CT molecular complexity index is 1570. The molecule has 0 saturated carbocycles. The van der Waals surface area contributed by atoms with Crippen molar-refractivity contribution in [2.45, 2.75) is 26.9 Å². The lowest BCUT2D eigenvalue weighted by Crippen LogP contribution is -2.06. The number of aryl methyl sites for hydroxylation is 2. The lowest BCUT2D eigenvalue weighted by atomic mass is 10.1. The zero-order valence-corrected chi connectivity index (χ0v) is 20.7. The summed E-state index contributed by atoms with van der Waals surface area (Å²) >= 11 is 3.61. The first-order valence-corrected chi connectivity index (χ1v) is 11.8. The Balaban J connectivity index is 1.76. The molecular formula is C26H24BrN3O4. The molecule has 0 radical (unpaired) electrons. The van der Waals surface area contributed by atoms with Gasteiger partial charge >= 0.3 is 6.16 Å². The Morgan fingerprint density at radius 2 is 1.74 bits per heavy atom. The van der Waals surface area contributed by atoms with Gasteiger partial charge in [-0.05, 0) is 62.4 Å². The lowest BCUT2D eigenvalue weighted by molar-refractivity contribution is 0.144. The molecule has 0 saturated heterocycles. The predicted octanol–water partition coefficient (Wildman–Crippen LogP) is 6.61. The second-order valence-corrected chi connectivity index (χ2v) is 9.06. The molecule has 0 aliphatic rings. The van der Waals surface area contributed by atoms with Gasteiger partial charge in [-0.3, -0.25) is 0 Å². The number of nitrogens with zero attached hydrogens (tertiary/aromatic N) is 3. The van der Waals surface area contributed by atoms with Crippen LogP contribution in [-0.4, -0.2) is 39.1 Å². The molecule has 7 nitrogen and oxygen atoms in total. The lowest BCUT2D eigenvalue weighted by Gasteiger charge is -2.10. The highest BCUT2D eigenvalue weighted by molar-refractivity contribution is 9.10. The van der Waals surface area contributed by atoms with Gasteiger partial charge in [0, 0.05) is 57.6 Å². The van der Waals surface area contributed by atoms with Gasteiger partial charge in [0.25, 0.3) is 0 Å². The van der Waals surface area contributed by atoms with Gasteiger partial charge < -0.3 is 23.7 Å². The first-order valence-electron chi connectivity index (χ1n) is 11.0. The van der Waals surface area contributed by atoms with Crippen molar-refractivity contribution in [2.75, 3.05) is 13.7 Å². The number of aromatic nitrogens is 3. The van der Waals surface area contributed by atoms with Crippen LogP contribution in [0.15, 0.2) is 53.0 Å². The third-order valence-corrected chi connectivity index (χ3v) is 6.74. The fourth-order valence-corrected chi connectivity index (χ4v) is 5.06. The van der Waals surface area contributed by atoms with Gasteiger partial charge in [0.15, 0.2) is 0 Å². The minimum Gasteiger partial charge on any atom is -0.449 e. The van der Waals surface area contributed by atoms with Crippen LogP contribution in [0.5, 0.6) is 5.75 Å². The van der Waals surface area contributed by atoms with E-state index < -0.39 is 6.16 Å². The van der Waals surface area contributed by atoms with Crippen LogP contribution in [0.2, 0.25) is 0 Å². The van der Waals surface area contributed by atoms with Crippen molar-refractivity contribution in [3.8, 4) is 17.1 Å². The molecule has 2 aromatic heterocycles. The number of hydrogen-bond donors (Lipinski definition) is 1. The normalized spacial score (nSPS) is 11.6. The van der Waals surface area contributed by atoms with E-state index in [4.69, 9.17) is 19.6 Å². The number of carbonyl (C=O) groups is 1. The molecule has 174 valence electrons. The van der Waals surface area contributed by atoms with Gasteiger partial charge in [-0.25, -0.2) is 9.78 Å². The largest absolute Gasteiger partial charge is 0.511 e. The van der Waals surface area contributed by atoms with Crippen LogP contribution in [0, 0.1) is 6.92 Å². The highest BCUT2D eigenvalue weighted by Gasteiger charge is 2.19. The van der Waals surface area contributed by atoms with Crippen LogP contribution in [0.3, 0.4) is 0 Å². The van der Waals surface area contributed by atoms with Gasteiger partial charge in [-0.1, -0.05) is 15.9 Å². The summed E-state index contributed by atoms with van der Waals surface area (Å²) in [5.41, 5.74) is 5.65. The molecule has 0 atom stereocenters. The summed E-state index contributed by atoms with van der Waals surface area (Å²) in [6, 6.07) is 16.3. The molecule has 0 unspecified atom stereocenters. The number of imidazole rings is 1. The number of benzene rings is 3. The molecule has 0 bridgehead atoms. The van der Waals surface area contributed by atoms with Gasteiger partial charge in [0.05, 0.1) is 17.6 Å². The number of carboxylic acid groups (broad SMARTS) is 1. The summed E-state index contributed by atoms with van der Waals surface area (Å²) in [6.45, 7) is 5.99. The van der Waals surface area contributed by atoms with Crippen LogP contribution in [0.1, 0.15) is 12.5 Å². The first kappa shape index (κ1) is 22.4. The molecule has 1 N–H and O–H groups in total. The third kappa shape index (κ3) is 3.63. The number of hydrogen-bond acceptors (Lipinski definition) is 4. The van der Waals surface area contributed by atoms with Gasteiger partial charge in [-0.15, -0.1) is 0 Å². The molecule has 5 aromatic rings. The monoisotopic (exact) mass is 521 g/mol. The molecule has 2 heterocycles. The van der Waals surface area contributed by atoms with Crippen molar-refractivity contribution in [3.63, 3.8) is 0 Å². The van der Waals surface area contributed by atoms with Crippen molar-refractivity contribution in [1.82, 2.24) is 14.1 Å². The van der Waals surface area contributed by atoms with E-state index in [0.717, 1.165) is 33.3 Å². The SMILES string of the molecule is CCn1c2ccc(Br)cc2c2cc(-c3nc4c(C)c(OC(=O)O)ccc4n3CCOC)ccc21. The topological polar surface area (TPSA) is 78.5 Å². The molecule has 3 aromatic carbocycles. The zero-order chi connectivity index (χ0) is 24.0. The maximum absolute atomic E-state index is 11.1. The Morgan fingerprint density at radius 1 is 1.03 bits per heavy atom. The summed E-state index contributed by atoms with van der Waals surface area (Å²) in [6.07, 6.45) is -1.34. The molecule has 34 heavy (non-hydrogen) atoms. The van der Waals surface area contributed by atoms with E-state index in [1.165, 1.54) is 16.4 Å². The van der Waals surface area contributed by atoms with Crippen LogP contribution in [0.4, 0.5) is 4.79 Å². The number of ether oxygens (including phenoxy) is 2. The fraction of sp³-hybridized carbons (Fsp3) is 0.231. The van der Waals surface area contributed by atoms with E-state index in [0.29, 0.717) is 24.2 Å². The highest BCUT2D eigenvalue weighted by Crippen LogP contribution is 2.36. The van der Waals surface area contributed by atoms with E-state index in [9.17, 15) is 4.79 Å².